The van der Waals surface area contributed by atoms with Crippen LogP contribution in [0.2, 0.25) is 0 Å². The van der Waals surface area contributed by atoms with Gasteiger partial charge in [0.15, 0.2) is 0 Å². The van der Waals surface area contributed by atoms with Crippen molar-refractivity contribution in [2.75, 3.05) is 6.54 Å². The highest BCUT2D eigenvalue weighted by molar-refractivity contribution is 5.91. The molecule has 5 N–H and O–H groups in total. The maximum absolute atomic E-state index is 13.8. The Hall–Kier alpha value is -3.37. The first kappa shape index (κ1) is 30.9. The number of carbonyl (C=O) groups excluding carboxylic acids is 2. The first-order valence-electron chi connectivity index (χ1n) is 12.8. The van der Waals surface area contributed by atoms with E-state index in [0.29, 0.717) is 19.0 Å². The number of hydrogen-bond donors (Lipinski definition) is 5. The number of halogens is 2. The topological polar surface area (TPSA) is 128 Å². The van der Waals surface area contributed by atoms with E-state index in [1.54, 1.807) is 0 Å². The third-order valence-corrected chi connectivity index (χ3v) is 6.11. The van der Waals surface area contributed by atoms with E-state index in [2.05, 4.69) is 16.0 Å². The Morgan fingerprint density at radius 1 is 0.947 bits per heavy atom. The molecule has 0 aromatic heterocycles. The largest absolute Gasteiger partial charge is 0.465 e. The van der Waals surface area contributed by atoms with Gasteiger partial charge in [0.1, 0.15) is 23.5 Å². The summed E-state index contributed by atoms with van der Waals surface area (Å²) >= 11 is 0. The molecule has 2 aromatic rings. The van der Waals surface area contributed by atoms with Crippen LogP contribution in [0.4, 0.5) is 13.6 Å². The van der Waals surface area contributed by atoms with E-state index in [1.807, 2.05) is 38.1 Å². The van der Waals surface area contributed by atoms with Crippen LogP contribution in [0.25, 0.3) is 0 Å². The molecule has 0 aliphatic carbocycles. The second-order valence-corrected chi connectivity index (χ2v) is 9.32. The molecule has 208 valence electrons. The van der Waals surface area contributed by atoms with Crippen LogP contribution in [0.5, 0.6) is 0 Å². The van der Waals surface area contributed by atoms with Gasteiger partial charge in [0.2, 0.25) is 5.91 Å². The summed E-state index contributed by atoms with van der Waals surface area (Å²) in [6.07, 6.45) is -0.683. The molecule has 0 unspecified atom stereocenters. The Morgan fingerprint density at radius 2 is 1.63 bits per heavy atom. The van der Waals surface area contributed by atoms with E-state index in [9.17, 15) is 33.4 Å². The van der Waals surface area contributed by atoms with E-state index < -0.39 is 41.8 Å². The molecule has 0 spiro atoms. The van der Waals surface area contributed by atoms with Gasteiger partial charge in [-0.1, -0.05) is 44.5 Å². The van der Waals surface area contributed by atoms with Crippen LogP contribution in [-0.2, 0) is 29.0 Å². The van der Waals surface area contributed by atoms with Crippen LogP contribution in [-0.4, -0.2) is 52.7 Å². The Kier molecular flexibility index (Phi) is 12.8. The number of carboxylic acid groups (broad SMARTS) is 1. The van der Waals surface area contributed by atoms with E-state index >= 15 is 0 Å². The summed E-state index contributed by atoms with van der Waals surface area (Å²) in [5.74, 6) is -2.70. The van der Waals surface area contributed by atoms with Crippen LogP contribution in [0.1, 0.15) is 56.2 Å². The predicted molar refractivity (Wildman–Crippen MR) is 140 cm³/mol. The number of Topliss-reactive ketones (excluding diaryl/α,β-unsaturated/α-hetero) is 1. The standard InChI is InChI=1S/C28H37F2N3O5/c1-3-5-9-23(34)15-25(33-28(37)38)27(36)32-24(13-20-11-21(29)14-22(30)12-20)26(35)17-31-16-19-8-6-7-18(4-2)10-19/h6-8,10-12,14,24-26,31,33,35H,3-5,9,13,15-17H2,1-2H3,(H,32,36)(H,37,38)/t24-,25+,26+/m0/s1. The minimum atomic E-state index is -1.48. The first-order valence-corrected chi connectivity index (χ1v) is 12.8. The van der Waals surface area contributed by atoms with Gasteiger partial charge in [0, 0.05) is 32.0 Å². The van der Waals surface area contributed by atoms with Gasteiger partial charge in [-0.25, -0.2) is 13.6 Å². The van der Waals surface area contributed by atoms with Gasteiger partial charge in [-0.3, -0.25) is 9.59 Å². The number of benzene rings is 2. The normalized spacial score (nSPS) is 13.4. The summed E-state index contributed by atoms with van der Waals surface area (Å²) in [7, 11) is 0. The average molecular weight is 534 g/mol. The molecule has 38 heavy (non-hydrogen) atoms. The number of carbonyl (C=O) groups is 3. The third-order valence-electron chi connectivity index (χ3n) is 6.11. The quantitative estimate of drug-likeness (QED) is 0.225. The van der Waals surface area contributed by atoms with Gasteiger partial charge >= 0.3 is 6.09 Å². The van der Waals surface area contributed by atoms with Crippen LogP contribution in [0.15, 0.2) is 42.5 Å². The summed E-state index contributed by atoms with van der Waals surface area (Å²) in [6.45, 7) is 4.42. The lowest BCUT2D eigenvalue weighted by Crippen LogP contribution is -2.55. The summed E-state index contributed by atoms with van der Waals surface area (Å²) in [4.78, 5) is 36.5. The number of hydrogen-bond acceptors (Lipinski definition) is 5. The van der Waals surface area contributed by atoms with E-state index in [4.69, 9.17) is 0 Å². The maximum atomic E-state index is 13.8. The van der Waals surface area contributed by atoms with E-state index in [1.165, 1.54) is 0 Å². The fourth-order valence-corrected chi connectivity index (χ4v) is 4.08. The SMILES string of the molecule is CCCCC(=O)C[C@@H](NC(=O)O)C(=O)N[C@@H](Cc1cc(F)cc(F)c1)[C@H](O)CNCc1cccc(CC)c1. The van der Waals surface area contributed by atoms with Crippen molar-refractivity contribution >= 4 is 17.8 Å². The molecule has 0 saturated carbocycles. The Bertz CT molecular complexity index is 1060. The van der Waals surface area contributed by atoms with Crippen molar-refractivity contribution in [3.63, 3.8) is 0 Å². The maximum Gasteiger partial charge on any atom is 0.405 e. The summed E-state index contributed by atoms with van der Waals surface area (Å²) in [6, 6.07) is 8.43. The molecule has 0 saturated heterocycles. The van der Waals surface area contributed by atoms with Gasteiger partial charge in [0.25, 0.3) is 0 Å². The van der Waals surface area contributed by atoms with Crippen LogP contribution in [0, 0.1) is 11.6 Å². The number of ketones is 1. The number of rotatable bonds is 16. The van der Waals surface area contributed by atoms with Gasteiger partial charge in [-0.2, -0.15) is 0 Å². The number of amides is 2. The van der Waals surface area contributed by atoms with E-state index in [-0.39, 0.29) is 37.2 Å². The van der Waals surface area contributed by atoms with Crippen molar-refractivity contribution in [1.29, 1.82) is 0 Å². The number of unbranched alkanes of at least 4 members (excludes halogenated alkanes) is 1. The highest BCUT2D eigenvalue weighted by atomic mass is 19.1. The number of nitrogens with one attached hydrogen (secondary N) is 3. The Labute approximate surface area is 221 Å². The molecule has 0 fully saturated rings. The lowest BCUT2D eigenvalue weighted by Gasteiger charge is -2.27. The number of aliphatic hydroxyl groups excluding tert-OH is 1. The van der Waals surface area contributed by atoms with Crippen molar-refractivity contribution in [3.8, 4) is 0 Å². The zero-order valence-corrected chi connectivity index (χ0v) is 21.8. The molecule has 0 radical (unpaired) electrons. The molecule has 0 aliphatic rings. The van der Waals surface area contributed by atoms with Crippen molar-refractivity contribution in [2.45, 2.75) is 77.1 Å². The van der Waals surface area contributed by atoms with Crippen molar-refractivity contribution in [3.05, 3.63) is 70.8 Å². The smallest absolute Gasteiger partial charge is 0.405 e. The lowest BCUT2D eigenvalue weighted by atomic mass is 9.99. The van der Waals surface area contributed by atoms with Gasteiger partial charge < -0.3 is 26.2 Å². The fourth-order valence-electron chi connectivity index (χ4n) is 4.08. The van der Waals surface area contributed by atoms with Gasteiger partial charge in [-0.15, -0.1) is 0 Å². The molecular formula is C28H37F2N3O5. The van der Waals surface area contributed by atoms with Crippen LogP contribution >= 0.6 is 0 Å². The number of aliphatic hydroxyl groups is 1. The lowest BCUT2D eigenvalue weighted by molar-refractivity contribution is -0.128. The fraction of sp³-hybridized carbons (Fsp3) is 0.464. The monoisotopic (exact) mass is 533 g/mol. The minimum Gasteiger partial charge on any atom is -0.465 e. The molecule has 2 rings (SSSR count). The van der Waals surface area contributed by atoms with Crippen LogP contribution < -0.4 is 16.0 Å². The summed E-state index contributed by atoms with van der Waals surface area (Å²) < 4.78 is 27.6. The molecule has 2 amide bonds. The summed E-state index contributed by atoms with van der Waals surface area (Å²) in [5.41, 5.74) is 2.36. The second-order valence-electron chi connectivity index (χ2n) is 9.32. The summed E-state index contributed by atoms with van der Waals surface area (Å²) in [5, 5.41) is 27.9. The highest BCUT2D eigenvalue weighted by Gasteiger charge is 2.28. The number of aryl methyl sites for hydroxylation is 1. The highest BCUT2D eigenvalue weighted by Crippen LogP contribution is 2.13. The Balaban J connectivity index is 2.16. The molecular weight excluding hydrogens is 496 g/mol. The molecule has 3 atom stereocenters. The molecule has 0 aliphatic heterocycles. The van der Waals surface area contributed by atoms with Crippen molar-refractivity contribution in [1.82, 2.24) is 16.0 Å². The molecule has 0 bridgehead atoms. The van der Waals surface area contributed by atoms with Crippen LogP contribution in [0.3, 0.4) is 0 Å². The molecule has 0 heterocycles. The van der Waals surface area contributed by atoms with Gasteiger partial charge in [0.05, 0.1) is 12.1 Å². The first-order chi connectivity index (χ1) is 18.1. The zero-order valence-electron chi connectivity index (χ0n) is 21.8. The predicted octanol–water partition coefficient (Wildman–Crippen LogP) is 3.49. The van der Waals surface area contributed by atoms with Crippen molar-refractivity contribution in [2.24, 2.45) is 0 Å². The Morgan fingerprint density at radius 3 is 2.26 bits per heavy atom. The third kappa shape index (κ3) is 10.9. The van der Waals surface area contributed by atoms with Gasteiger partial charge in [-0.05, 0) is 48.1 Å². The molecule has 10 heteroatoms. The van der Waals surface area contributed by atoms with E-state index in [0.717, 1.165) is 36.1 Å². The van der Waals surface area contributed by atoms with Crippen molar-refractivity contribution < 1.29 is 33.4 Å². The molecule has 2 aromatic carbocycles. The average Bonchev–Trinajstić information content (AvgIpc) is 2.85. The zero-order chi connectivity index (χ0) is 28.1. The second kappa shape index (κ2) is 15.8. The molecule has 8 nitrogen and oxygen atoms in total. The minimum absolute atomic E-state index is 0.0333.